The highest BCUT2D eigenvalue weighted by Gasteiger charge is 2.54. The predicted molar refractivity (Wildman–Crippen MR) is 176 cm³/mol. The summed E-state index contributed by atoms with van der Waals surface area (Å²) < 4.78 is 2.38. The molecule has 0 unspecified atom stereocenters. The second-order valence-electron chi connectivity index (χ2n) is 11.6. The maximum atomic E-state index is 5.38. The van der Waals surface area contributed by atoms with E-state index in [2.05, 4.69) is 126 Å². The van der Waals surface area contributed by atoms with Crippen LogP contribution in [0.2, 0.25) is 0 Å². The Morgan fingerprint density at radius 1 is 0.477 bits per heavy atom. The van der Waals surface area contributed by atoms with Crippen LogP contribution in [0, 0.1) is 0 Å². The number of hydrogen-bond donors (Lipinski definition) is 0. The van der Waals surface area contributed by atoms with Gasteiger partial charge in [-0.25, -0.2) is 15.0 Å². The van der Waals surface area contributed by atoms with Crippen LogP contribution in [0.3, 0.4) is 0 Å². The Bertz CT molecular complexity index is 2410. The molecule has 1 aliphatic carbocycles. The van der Waals surface area contributed by atoms with Gasteiger partial charge in [0.1, 0.15) is 11.2 Å². The molecule has 2 aliphatic rings. The molecule has 0 N–H and O–H groups in total. The molecule has 6 aromatic carbocycles. The lowest BCUT2D eigenvalue weighted by Crippen LogP contribution is -2.27. The average Bonchev–Trinajstić information content (AvgIpc) is 3.71. The van der Waals surface area contributed by atoms with E-state index in [0.717, 1.165) is 56.1 Å². The van der Waals surface area contributed by atoms with Gasteiger partial charge in [-0.3, -0.25) is 4.57 Å². The number of imidazole rings is 1. The van der Waals surface area contributed by atoms with E-state index in [4.69, 9.17) is 15.0 Å². The van der Waals surface area contributed by atoms with Crippen LogP contribution in [0.25, 0.3) is 61.4 Å². The first-order chi connectivity index (χ1) is 21.8. The second kappa shape index (κ2) is 8.59. The zero-order chi connectivity index (χ0) is 28.8. The molecule has 0 radical (unpaired) electrons. The van der Waals surface area contributed by atoms with Gasteiger partial charge < -0.3 is 0 Å². The molecule has 44 heavy (non-hydrogen) atoms. The number of hydrogen-bond acceptors (Lipinski definition) is 3. The minimum atomic E-state index is -0.553. The number of fused-ring (bicyclic) bond motifs is 13. The molecule has 3 heterocycles. The molecule has 10 rings (SSSR count). The first kappa shape index (κ1) is 23.7. The first-order valence-electron chi connectivity index (χ1n) is 15.0. The van der Waals surface area contributed by atoms with Crippen LogP contribution >= 0.6 is 0 Å². The highest BCUT2D eigenvalue weighted by Crippen LogP contribution is 2.60. The van der Waals surface area contributed by atoms with Crippen molar-refractivity contribution in [2.75, 3.05) is 0 Å². The van der Waals surface area contributed by atoms with E-state index in [1.54, 1.807) is 0 Å². The first-order valence-corrected chi connectivity index (χ1v) is 15.0. The van der Waals surface area contributed by atoms with Crippen LogP contribution in [0.5, 0.6) is 0 Å². The van der Waals surface area contributed by atoms with Crippen molar-refractivity contribution in [1.29, 1.82) is 0 Å². The molecule has 8 aromatic rings. The van der Waals surface area contributed by atoms with Crippen molar-refractivity contribution in [3.05, 3.63) is 168 Å². The Labute approximate surface area is 254 Å². The molecule has 4 heteroatoms. The van der Waals surface area contributed by atoms with Crippen molar-refractivity contribution in [2.45, 2.75) is 5.41 Å². The van der Waals surface area contributed by atoms with E-state index in [9.17, 15) is 0 Å². The Morgan fingerprint density at radius 2 is 1.14 bits per heavy atom. The molecule has 0 bridgehead atoms. The molecule has 0 saturated carbocycles. The summed E-state index contributed by atoms with van der Waals surface area (Å²) in [6, 6.07) is 51.5. The van der Waals surface area contributed by atoms with Crippen molar-refractivity contribution < 1.29 is 0 Å². The highest BCUT2D eigenvalue weighted by molar-refractivity contribution is 5.96. The number of aromatic nitrogens is 4. The van der Waals surface area contributed by atoms with Crippen molar-refractivity contribution in [1.82, 2.24) is 19.5 Å². The minimum Gasteiger partial charge on any atom is -0.295 e. The summed E-state index contributed by atoms with van der Waals surface area (Å²) in [5.41, 5.74) is 13.0. The fourth-order valence-electron chi connectivity index (χ4n) is 7.60. The van der Waals surface area contributed by atoms with Crippen LogP contribution in [-0.2, 0) is 5.41 Å². The Balaban J connectivity index is 1.32. The number of rotatable bonds is 2. The molecule has 4 nitrogen and oxygen atoms in total. The maximum absolute atomic E-state index is 5.38. The van der Waals surface area contributed by atoms with Gasteiger partial charge >= 0.3 is 0 Å². The fraction of sp³-hybridized carbons (Fsp3) is 0.0250. The SMILES string of the molecule is c1ccc(-c2nc(-c3ccc4c(c3)C3(c5ccccc5-c5ccccc53)c3nc5ccccc5n3-4)c3ccccc3n2)cc1. The van der Waals surface area contributed by atoms with E-state index in [-0.39, 0.29) is 0 Å². The van der Waals surface area contributed by atoms with E-state index in [0.29, 0.717) is 0 Å². The van der Waals surface area contributed by atoms with Crippen LogP contribution in [-0.4, -0.2) is 19.5 Å². The van der Waals surface area contributed by atoms with Crippen LogP contribution in [0.1, 0.15) is 22.5 Å². The molecule has 204 valence electrons. The van der Waals surface area contributed by atoms with Gasteiger partial charge in [-0.2, -0.15) is 0 Å². The largest absolute Gasteiger partial charge is 0.295 e. The van der Waals surface area contributed by atoms with Gasteiger partial charge in [0.25, 0.3) is 0 Å². The topological polar surface area (TPSA) is 43.6 Å². The zero-order valence-corrected chi connectivity index (χ0v) is 23.6. The van der Waals surface area contributed by atoms with Gasteiger partial charge in [-0.05, 0) is 58.1 Å². The Kier molecular flexibility index (Phi) is 4.62. The van der Waals surface area contributed by atoms with Crippen molar-refractivity contribution >= 4 is 21.9 Å². The summed E-state index contributed by atoms with van der Waals surface area (Å²) in [5, 5.41) is 1.04. The van der Waals surface area contributed by atoms with E-state index >= 15 is 0 Å². The summed E-state index contributed by atoms with van der Waals surface area (Å²) in [6.45, 7) is 0. The van der Waals surface area contributed by atoms with Crippen molar-refractivity contribution in [3.8, 4) is 39.5 Å². The normalized spacial score (nSPS) is 13.6. The second-order valence-corrected chi connectivity index (χ2v) is 11.6. The van der Waals surface area contributed by atoms with E-state index in [1.807, 2.05) is 24.3 Å². The number of para-hydroxylation sites is 3. The average molecular weight is 561 g/mol. The number of benzene rings is 6. The van der Waals surface area contributed by atoms with Gasteiger partial charge in [-0.15, -0.1) is 0 Å². The molecule has 0 amide bonds. The number of nitrogens with zero attached hydrogens (tertiary/aromatic N) is 4. The summed E-state index contributed by atoms with van der Waals surface area (Å²) in [4.78, 5) is 15.6. The van der Waals surface area contributed by atoms with Crippen molar-refractivity contribution in [2.24, 2.45) is 0 Å². The van der Waals surface area contributed by atoms with Gasteiger partial charge in [0.15, 0.2) is 5.82 Å². The van der Waals surface area contributed by atoms with Gasteiger partial charge in [0.05, 0.1) is 27.9 Å². The summed E-state index contributed by atoms with van der Waals surface area (Å²) in [6.07, 6.45) is 0. The summed E-state index contributed by atoms with van der Waals surface area (Å²) in [7, 11) is 0. The lowest BCUT2D eigenvalue weighted by molar-refractivity contribution is 0.738. The standard InChI is InChI=1S/C40H24N4/c1-2-12-25(13-3-1)38-41-33-19-9-6-16-29(33)37(43-38)26-22-23-35-32(24-26)40(39-42-34-20-10-11-21-36(34)44(35)39)30-17-7-4-14-27(30)28-15-5-8-18-31(28)40/h1-24H. The van der Waals surface area contributed by atoms with Crippen LogP contribution in [0.4, 0.5) is 0 Å². The van der Waals surface area contributed by atoms with Crippen molar-refractivity contribution in [3.63, 3.8) is 0 Å². The molecular formula is C40H24N4. The quantitative estimate of drug-likeness (QED) is 0.212. The van der Waals surface area contributed by atoms with E-state index < -0.39 is 5.41 Å². The fourth-order valence-corrected chi connectivity index (χ4v) is 7.60. The Hall–Kier alpha value is -5.87. The minimum absolute atomic E-state index is 0.553. The third-order valence-corrected chi connectivity index (χ3v) is 9.40. The molecule has 1 aliphatic heterocycles. The molecule has 2 aromatic heterocycles. The monoisotopic (exact) mass is 560 g/mol. The van der Waals surface area contributed by atoms with Gasteiger partial charge in [-0.1, -0.05) is 115 Å². The molecule has 1 spiro atoms. The van der Waals surface area contributed by atoms with Gasteiger partial charge in [0, 0.05) is 16.5 Å². The molecule has 0 atom stereocenters. The predicted octanol–water partition coefficient (Wildman–Crippen LogP) is 8.98. The third-order valence-electron chi connectivity index (χ3n) is 9.40. The maximum Gasteiger partial charge on any atom is 0.160 e. The lowest BCUT2D eigenvalue weighted by Gasteiger charge is -2.27. The lowest BCUT2D eigenvalue weighted by atomic mass is 9.72. The smallest absolute Gasteiger partial charge is 0.160 e. The summed E-state index contributed by atoms with van der Waals surface area (Å²) >= 11 is 0. The zero-order valence-electron chi connectivity index (χ0n) is 23.6. The summed E-state index contributed by atoms with van der Waals surface area (Å²) in [5.74, 6) is 1.77. The molecular weight excluding hydrogens is 536 g/mol. The molecule has 0 saturated heterocycles. The third kappa shape index (κ3) is 2.94. The molecule has 0 fully saturated rings. The van der Waals surface area contributed by atoms with Gasteiger partial charge in [0.2, 0.25) is 0 Å². The highest BCUT2D eigenvalue weighted by atomic mass is 15.1. The van der Waals surface area contributed by atoms with Crippen LogP contribution < -0.4 is 0 Å². The van der Waals surface area contributed by atoms with Crippen LogP contribution in [0.15, 0.2) is 146 Å². The van der Waals surface area contributed by atoms with E-state index in [1.165, 1.54) is 27.8 Å². The Morgan fingerprint density at radius 3 is 1.93 bits per heavy atom.